The number of fused-ring (bicyclic) bond motifs is 1. The molecule has 0 radical (unpaired) electrons. The summed E-state index contributed by atoms with van der Waals surface area (Å²) >= 11 is 0. The third-order valence-corrected chi connectivity index (χ3v) is 4.40. The van der Waals surface area contributed by atoms with Gasteiger partial charge in [-0.1, -0.05) is 24.3 Å². The van der Waals surface area contributed by atoms with Gasteiger partial charge < -0.3 is 15.0 Å². The Hall–Kier alpha value is -3.93. The molecule has 3 aromatic carbocycles. The zero-order valence-electron chi connectivity index (χ0n) is 15.1. The van der Waals surface area contributed by atoms with Crippen molar-refractivity contribution in [1.82, 2.24) is 9.97 Å². The number of nitrogens with zero attached hydrogens (tertiary/aromatic N) is 1. The van der Waals surface area contributed by atoms with E-state index in [4.69, 9.17) is 4.74 Å². The van der Waals surface area contributed by atoms with Crippen LogP contribution in [0.25, 0.3) is 22.3 Å². The molecule has 1 aromatic heterocycles. The van der Waals surface area contributed by atoms with Gasteiger partial charge in [-0.15, -0.1) is 0 Å². The maximum Gasteiger partial charge on any atom is 0.259 e. The number of hydrogen-bond acceptors (Lipinski definition) is 4. The van der Waals surface area contributed by atoms with Crippen molar-refractivity contribution in [1.29, 1.82) is 0 Å². The van der Waals surface area contributed by atoms with Crippen LogP contribution in [0.4, 0.5) is 5.69 Å². The van der Waals surface area contributed by atoms with Crippen molar-refractivity contribution < 1.29 is 9.53 Å². The second-order valence-electron chi connectivity index (χ2n) is 6.16. The van der Waals surface area contributed by atoms with Crippen LogP contribution in [0, 0.1) is 0 Å². The molecule has 0 fully saturated rings. The van der Waals surface area contributed by atoms with Crippen molar-refractivity contribution >= 4 is 22.5 Å². The Balaban J connectivity index is 1.71. The summed E-state index contributed by atoms with van der Waals surface area (Å²) in [4.78, 5) is 32.4. The first-order chi connectivity index (χ1) is 13.7. The number of aromatic amines is 1. The number of carbonyl (C=O) groups is 1. The molecule has 1 heterocycles. The second kappa shape index (κ2) is 7.36. The van der Waals surface area contributed by atoms with Crippen molar-refractivity contribution in [2.24, 2.45) is 0 Å². The standard InChI is InChI=1S/C22H17N3O3/c1-28-15-12-10-14(11-13-15)21(26)24-18-8-4-2-6-16(18)20-23-19-9-5-3-7-17(19)22(27)25-20/h2-13H,1H3,(H,24,26)(H,23,25,27). The minimum atomic E-state index is -0.266. The van der Waals surface area contributed by atoms with Crippen LogP contribution in [-0.2, 0) is 0 Å². The van der Waals surface area contributed by atoms with Gasteiger partial charge in [0.25, 0.3) is 11.5 Å². The summed E-state index contributed by atoms with van der Waals surface area (Å²) < 4.78 is 5.12. The molecular formula is C22H17N3O3. The molecule has 2 N–H and O–H groups in total. The minimum absolute atomic E-state index is 0.225. The van der Waals surface area contributed by atoms with E-state index in [0.29, 0.717) is 39.3 Å². The van der Waals surface area contributed by atoms with Crippen LogP contribution in [0.5, 0.6) is 5.75 Å². The fourth-order valence-corrected chi connectivity index (χ4v) is 2.95. The summed E-state index contributed by atoms with van der Waals surface area (Å²) in [7, 11) is 1.57. The summed E-state index contributed by atoms with van der Waals surface area (Å²) in [6.07, 6.45) is 0. The number of methoxy groups -OCH3 is 1. The molecule has 6 nitrogen and oxygen atoms in total. The van der Waals surface area contributed by atoms with Crippen molar-refractivity contribution in [2.75, 3.05) is 12.4 Å². The van der Waals surface area contributed by atoms with E-state index in [1.807, 2.05) is 18.2 Å². The summed E-state index contributed by atoms with van der Waals surface area (Å²) in [6, 6.07) is 21.2. The van der Waals surface area contributed by atoms with Crippen LogP contribution in [0.3, 0.4) is 0 Å². The van der Waals surface area contributed by atoms with Crippen molar-refractivity contribution in [3.8, 4) is 17.1 Å². The molecule has 0 saturated heterocycles. The van der Waals surface area contributed by atoms with Gasteiger partial charge in [0.05, 0.1) is 23.7 Å². The smallest absolute Gasteiger partial charge is 0.259 e. The van der Waals surface area contributed by atoms with E-state index < -0.39 is 0 Å². The summed E-state index contributed by atoms with van der Waals surface area (Å²) in [5.74, 6) is 0.808. The SMILES string of the molecule is COc1ccc(C(=O)Nc2ccccc2-c2nc3ccccc3c(=O)[nH]2)cc1. The molecule has 138 valence electrons. The molecule has 4 aromatic rings. The second-order valence-corrected chi connectivity index (χ2v) is 6.16. The number of para-hydroxylation sites is 2. The number of nitrogens with one attached hydrogen (secondary N) is 2. The lowest BCUT2D eigenvalue weighted by molar-refractivity contribution is 0.102. The van der Waals surface area contributed by atoms with E-state index >= 15 is 0 Å². The van der Waals surface area contributed by atoms with Crippen molar-refractivity contribution in [2.45, 2.75) is 0 Å². The summed E-state index contributed by atoms with van der Waals surface area (Å²) in [6.45, 7) is 0. The fourth-order valence-electron chi connectivity index (χ4n) is 2.95. The number of aromatic nitrogens is 2. The van der Waals surface area contributed by atoms with E-state index in [9.17, 15) is 9.59 Å². The molecule has 6 heteroatoms. The van der Waals surface area contributed by atoms with Gasteiger partial charge >= 0.3 is 0 Å². The predicted octanol–water partition coefficient (Wildman–Crippen LogP) is 3.85. The van der Waals surface area contributed by atoms with Crippen LogP contribution in [0.1, 0.15) is 10.4 Å². The maximum absolute atomic E-state index is 12.6. The number of rotatable bonds is 4. The lowest BCUT2D eigenvalue weighted by Gasteiger charge is -2.11. The highest BCUT2D eigenvalue weighted by molar-refractivity contribution is 6.06. The van der Waals surface area contributed by atoms with Crippen LogP contribution in [0.2, 0.25) is 0 Å². The first-order valence-corrected chi connectivity index (χ1v) is 8.69. The Morgan fingerprint density at radius 2 is 1.68 bits per heavy atom. The zero-order chi connectivity index (χ0) is 19.5. The number of carbonyl (C=O) groups excluding carboxylic acids is 1. The van der Waals surface area contributed by atoms with Gasteiger partial charge in [-0.2, -0.15) is 0 Å². The summed E-state index contributed by atoms with van der Waals surface area (Å²) in [5.41, 5.74) is 2.05. The third-order valence-electron chi connectivity index (χ3n) is 4.40. The van der Waals surface area contributed by atoms with Gasteiger partial charge in [0.2, 0.25) is 0 Å². The van der Waals surface area contributed by atoms with Gasteiger partial charge in [0, 0.05) is 11.1 Å². The largest absolute Gasteiger partial charge is 0.497 e. The number of amides is 1. The lowest BCUT2D eigenvalue weighted by atomic mass is 10.1. The van der Waals surface area contributed by atoms with Crippen LogP contribution in [0.15, 0.2) is 77.6 Å². The number of anilines is 1. The van der Waals surface area contributed by atoms with E-state index in [1.165, 1.54) is 0 Å². The van der Waals surface area contributed by atoms with Crippen molar-refractivity contribution in [3.63, 3.8) is 0 Å². The monoisotopic (exact) mass is 371 g/mol. The molecule has 0 saturated carbocycles. The highest BCUT2D eigenvalue weighted by Gasteiger charge is 2.13. The zero-order valence-corrected chi connectivity index (χ0v) is 15.1. The molecule has 0 aliphatic carbocycles. The van der Waals surface area contributed by atoms with Crippen LogP contribution >= 0.6 is 0 Å². The van der Waals surface area contributed by atoms with Gasteiger partial charge in [-0.3, -0.25) is 9.59 Å². The molecular weight excluding hydrogens is 354 g/mol. The third kappa shape index (κ3) is 3.35. The predicted molar refractivity (Wildman–Crippen MR) is 109 cm³/mol. The first-order valence-electron chi connectivity index (χ1n) is 8.69. The topological polar surface area (TPSA) is 84.1 Å². The van der Waals surface area contributed by atoms with E-state index in [2.05, 4.69) is 15.3 Å². The Kier molecular flexibility index (Phi) is 4.60. The quantitative estimate of drug-likeness (QED) is 0.571. The lowest BCUT2D eigenvalue weighted by Crippen LogP contribution is -2.14. The van der Waals surface area contributed by atoms with E-state index in [1.54, 1.807) is 61.7 Å². The van der Waals surface area contributed by atoms with Gasteiger partial charge in [-0.25, -0.2) is 4.98 Å². The highest BCUT2D eigenvalue weighted by atomic mass is 16.5. The molecule has 0 bridgehead atoms. The number of H-pyrrole nitrogens is 1. The molecule has 0 unspecified atom stereocenters. The van der Waals surface area contributed by atoms with Crippen molar-refractivity contribution in [3.05, 3.63) is 88.7 Å². The molecule has 0 aliphatic heterocycles. The minimum Gasteiger partial charge on any atom is -0.497 e. The molecule has 4 rings (SSSR count). The number of ether oxygens (including phenoxy) is 1. The maximum atomic E-state index is 12.6. The average molecular weight is 371 g/mol. The Labute approximate surface area is 160 Å². The Bertz CT molecular complexity index is 1210. The molecule has 28 heavy (non-hydrogen) atoms. The molecule has 1 amide bonds. The van der Waals surface area contributed by atoms with E-state index in [-0.39, 0.29) is 11.5 Å². The molecule has 0 spiro atoms. The number of benzene rings is 3. The summed E-state index contributed by atoms with van der Waals surface area (Å²) in [5, 5.41) is 3.41. The van der Waals surface area contributed by atoms with Gasteiger partial charge in [0.15, 0.2) is 0 Å². The first kappa shape index (κ1) is 17.5. The highest BCUT2D eigenvalue weighted by Crippen LogP contribution is 2.26. The fraction of sp³-hybridized carbons (Fsp3) is 0.0455. The van der Waals surface area contributed by atoms with Gasteiger partial charge in [0.1, 0.15) is 11.6 Å². The number of hydrogen-bond donors (Lipinski definition) is 2. The van der Waals surface area contributed by atoms with Gasteiger partial charge in [-0.05, 0) is 48.5 Å². The Morgan fingerprint density at radius 3 is 2.46 bits per heavy atom. The normalized spacial score (nSPS) is 10.6. The van der Waals surface area contributed by atoms with Crippen LogP contribution in [-0.4, -0.2) is 23.0 Å². The van der Waals surface area contributed by atoms with E-state index in [0.717, 1.165) is 0 Å². The average Bonchev–Trinajstić information content (AvgIpc) is 2.74. The molecule has 0 atom stereocenters. The Morgan fingerprint density at radius 1 is 0.964 bits per heavy atom. The molecule has 0 aliphatic rings. The van der Waals surface area contributed by atoms with Crippen LogP contribution < -0.4 is 15.6 Å².